The van der Waals surface area contributed by atoms with Crippen molar-refractivity contribution in [3.63, 3.8) is 0 Å². The van der Waals surface area contributed by atoms with Gasteiger partial charge in [0, 0.05) is 18.8 Å². The molecule has 3 N–H and O–H groups in total. The fourth-order valence-corrected chi connectivity index (χ4v) is 2.24. The lowest BCUT2D eigenvalue weighted by Crippen LogP contribution is -2.26. The normalized spacial score (nSPS) is 12.6. The van der Waals surface area contributed by atoms with Crippen molar-refractivity contribution in [2.24, 2.45) is 0 Å². The first-order valence-electron chi connectivity index (χ1n) is 6.78. The Hall–Kier alpha value is -1.29. The second-order valence-corrected chi connectivity index (χ2v) is 4.69. The van der Waals surface area contributed by atoms with Crippen LogP contribution < -0.4 is 11.3 Å². The summed E-state index contributed by atoms with van der Waals surface area (Å²) in [7, 11) is 0. The first-order valence-corrected chi connectivity index (χ1v) is 6.78. The van der Waals surface area contributed by atoms with Crippen LogP contribution in [0.15, 0.2) is 23.1 Å². The van der Waals surface area contributed by atoms with Crippen LogP contribution in [0.25, 0.3) is 0 Å². The van der Waals surface area contributed by atoms with Crippen LogP contribution in [0, 0.1) is 0 Å². The van der Waals surface area contributed by atoms with Gasteiger partial charge in [0.25, 0.3) is 5.56 Å². The van der Waals surface area contributed by atoms with E-state index in [0.717, 1.165) is 38.5 Å². The van der Waals surface area contributed by atoms with Crippen molar-refractivity contribution in [3.05, 3.63) is 28.7 Å². The van der Waals surface area contributed by atoms with Crippen LogP contribution in [0.4, 0.5) is 5.69 Å². The molecule has 0 saturated heterocycles. The fraction of sp³-hybridized carbons (Fsp3) is 0.643. The van der Waals surface area contributed by atoms with Gasteiger partial charge in [-0.25, -0.2) is 0 Å². The Kier molecular flexibility index (Phi) is 6.50. The van der Waals surface area contributed by atoms with Crippen LogP contribution in [0.1, 0.15) is 51.5 Å². The van der Waals surface area contributed by atoms with Gasteiger partial charge in [-0.2, -0.15) is 0 Å². The number of unbranched alkanes of at least 4 members (excludes halogenated alkanes) is 2. The average molecular weight is 252 g/mol. The molecule has 4 heteroatoms. The smallest absolute Gasteiger partial charge is 0.273 e. The summed E-state index contributed by atoms with van der Waals surface area (Å²) in [5.41, 5.74) is 5.89. The Labute approximate surface area is 108 Å². The van der Waals surface area contributed by atoms with Gasteiger partial charge in [0.1, 0.15) is 0 Å². The second-order valence-electron chi connectivity index (χ2n) is 4.69. The zero-order valence-corrected chi connectivity index (χ0v) is 11.1. The molecular weight excluding hydrogens is 228 g/mol. The Morgan fingerprint density at radius 3 is 2.78 bits per heavy atom. The number of nitrogens with two attached hydrogens (primary N) is 1. The molecule has 1 aromatic rings. The number of nitrogens with zero attached hydrogens (tertiary/aromatic N) is 1. The van der Waals surface area contributed by atoms with Gasteiger partial charge in [-0.15, -0.1) is 0 Å². The standard InChI is InChI=1S/C14H24N2O2/c1-2-7-12(8-4-3-5-11-17)16-10-6-9-13(15)14(16)18/h6,9-10,12,17H,2-5,7-8,11,15H2,1H3. The zero-order valence-electron chi connectivity index (χ0n) is 11.1. The van der Waals surface area contributed by atoms with Crippen LogP contribution >= 0.6 is 0 Å². The number of aliphatic hydroxyl groups excluding tert-OH is 1. The number of rotatable bonds is 8. The van der Waals surface area contributed by atoms with E-state index in [4.69, 9.17) is 10.8 Å². The molecule has 0 aliphatic carbocycles. The molecular formula is C14H24N2O2. The topological polar surface area (TPSA) is 68.2 Å². The van der Waals surface area contributed by atoms with E-state index in [1.54, 1.807) is 10.6 Å². The minimum atomic E-state index is -0.0851. The molecule has 1 atom stereocenters. The summed E-state index contributed by atoms with van der Waals surface area (Å²) in [4.78, 5) is 12.0. The number of hydrogen-bond donors (Lipinski definition) is 2. The SMILES string of the molecule is CCCC(CCCCCO)n1cccc(N)c1=O. The van der Waals surface area contributed by atoms with Crippen molar-refractivity contribution in [1.29, 1.82) is 0 Å². The van der Waals surface area contributed by atoms with Gasteiger partial charge in [0.2, 0.25) is 0 Å². The molecule has 102 valence electrons. The maximum Gasteiger partial charge on any atom is 0.273 e. The van der Waals surface area contributed by atoms with Gasteiger partial charge in [-0.05, 0) is 31.4 Å². The predicted octanol–water partition coefficient (Wildman–Crippen LogP) is 2.32. The average Bonchev–Trinajstić information content (AvgIpc) is 2.37. The Bertz CT molecular complexity index is 401. The van der Waals surface area contributed by atoms with Gasteiger partial charge in [0.05, 0.1) is 5.69 Å². The van der Waals surface area contributed by atoms with Crippen molar-refractivity contribution >= 4 is 5.69 Å². The molecule has 1 heterocycles. The molecule has 1 unspecified atom stereocenters. The monoisotopic (exact) mass is 252 g/mol. The summed E-state index contributed by atoms with van der Waals surface area (Å²) in [5.74, 6) is 0. The molecule has 0 spiro atoms. The Morgan fingerprint density at radius 2 is 2.11 bits per heavy atom. The van der Waals surface area contributed by atoms with E-state index in [2.05, 4.69) is 6.92 Å². The van der Waals surface area contributed by atoms with Gasteiger partial charge in [0.15, 0.2) is 0 Å². The van der Waals surface area contributed by atoms with Gasteiger partial charge < -0.3 is 15.4 Å². The lowest BCUT2D eigenvalue weighted by Gasteiger charge is -2.19. The number of nitrogen functional groups attached to an aromatic ring is 1. The van der Waals surface area contributed by atoms with Crippen LogP contribution in [0.5, 0.6) is 0 Å². The van der Waals surface area contributed by atoms with Crippen LogP contribution in [-0.2, 0) is 0 Å². The molecule has 0 aromatic carbocycles. The quantitative estimate of drug-likeness (QED) is 0.698. The largest absolute Gasteiger partial charge is 0.396 e. The first-order chi connectivity index (χ1) is 8.70. The van der Waals surface area contributed by atoms with E-state index >= 15 is 0 Å². The number of aromatic nitrogens is 1. The molecule has 18 heavy (non-hydrogen) atoms. The molecule has 1 rings (SSSR count). The Balaban J connectivity index is 2.71. The van der Waals surface area contributed by atoms with Crippen molar-refractivity contribution in [1.82, 2.24) is 4.57 Å². The van der Waals surface area contributed by atoms with Crippen molar-refractivity contribution in [3.8, 4) is 0 Å². The molecule has 0 bridgehead atoms. The second kappa shape index (κ2) is 7.93. The molecule has 0 saturated carbocycles. The summed E-state index contributed by atoms with van der Waals surface area (Å²) in [6.07, 6.45) is 7.71. The highest BCUT2D eigenvalue weighted by Crippen LogP contribution is 2.20. The zero-order chi connectivity index (χ0) is 13.4. The third-order valence-corrected chi connectivity index (χ3v) is 3.21. The number of anilines is 1. The van der Waals surface area contributed by atoms with E-state index < -0.39 is 0 Å². The van der Waals surface area contributed by atoms with E-state index in [0.29, 0.717) is 5.69 Å². The number of pyridine rings is 1. The Morgan fingerprint density at radius 1 is 1.33 bits per heavy atom. The minimum absolute atomic E-state index is 0.0851. The molecule has 1 aromatic heterocycles. The highest BCUT2D eigenvalue weighted by Gasteiger charge is 2.12. The van der Waals surface area contributed by atoms with Crippen molar-refractivity contribution < 1.29 is 5.11 Å². The summed E-state index contributed by atoms with van der Waals surface area (Å²) in [6.45, 7) is 2.37. The van der Waals surface area contributed by atoms with Gasteiger partial charge >= 0.3 is 0 Å². The maximum atomic E-state index is 12.0. The molecule has 0 aliphatic heterocycles. The van der Waals surface area contributed by atoms with Crippen molar-refractivity contribution in [2.75, 3.05) is 12.3 Å². The van der Waals surface area contributed by atoms with E-state index in [1.165, 1.54) is 0 Å². The summed E-state index contributed by atoms with van der Waals surface area (Å²) in [5, 5.41) is 8.76. The lowest BCUT2D eigenvalue weighted by atomic mass is 10.0. The first kappa shape index (κ1) is 14.8. The van der Waals surface area contributed by atoms with Crippen LogP contribution in [-0.4, -0.2) is 16.3 Å². The van der Waals surface area contributed by atoms with E-state index in [9.17, 15) is 4.79 Å². The molecule has 0 fully saturated rings. The number of aliphatic hydroxyl groups is 1. The van der Waals surface area contributed by atoms with Crippen LogP contribution in [0.3, 0.4) is 0 Å². The minimum Gasteiger partial charge on any atom is -0.396 e. The van der Waals surface area contributed by atoms with E-state index in [1.807, 2.05) is 12.3 Å². The highest BCUT2D eigenvalue weighted by atomic mass is 16.2. The molecule has 0 amide bonds. The van der Waals surface area contributed by atoms with Crippen LogP contribution in [0.2, 0.25) is 0 Å². The molecule has 4 nitrogen and oxygen atoms in total. The predicted molar refractivity (Wildman–Crippen MR) is 74.6 cm³/mol. The summed E-state index contributed by atoms with van der Waals surface area (Å²) >= 11 is 0. The summed E-state index contributed by atoms with van der Waals surface area (Å²) in [6, 6.07) is 3.70. The third-order valence-electron chi connectivity index (χ3n) is 3.21. The highest BCUT2D eigenvalue weighted by molar-refractivity contribution is 5.33. The third kappa shape index (κ3) is 4.18. The summed E-state index contributed by atoms with van der Waals surface area (Å²) < 4.78 is 1.76. The fourth-order valence-electron chi connectivity index (χ4n) is 2.24. The number of hydrogen-bond acceptors (Lipinski definition) is 3. The molecule has 0 aliphatic rings. The van der Waals surface area contributed by atoms with E-state index in [-0.39, 0.29) is 18.2 Å². The van der Waals surface area contributed by atoms with Crippen molar-refractivity contribution in [2.45, 2.75) is 51.5 Å². The van der Waals surface area contributed by atoms with Gasteiger partial charge in [-0.3, -0.25) is 4.79 Å². The lowest BCUT2D eigenvalue weighted by molar-refractivity contribution is 0.279. The maximum absolute atomic E-state index is 12.0. The molecule has 0 radical (unpaired) electrons. The van der Waals surface area contributed by atoms with Gasteiger partial charge in [-0.1, -0.05) is 26.2 Å².